The molecule has 162 valence electrons. The van der Waals surface area contributed by atoms with Crippen LogP contribution >= 0.6 is 11.3 Å². The smallest absolute Gasteiger partial charge is 0.349 e. The van der Waals surface area contributed by atoms with Crippen molar-refractivity contribution in [1.82, 2.24) is 9.55 Å². The SMILES string of the molecule is Cc1c(C(=O)OCc2cccc(OCC(N)=O)c2)sc2nc3n(c(=O)c12)CCCCC3. The molecule has 3 heterocycles. The maximum Gasteiger partial charge on any atom is 0.349 e. The van der Waals surface area contributed by atoms with Gasteiger partial charge in [-0.15, -0.1) is 11.3 Å². The van der Waals surface area contributed by atoms with Crippen LogP contribution in [0.2, 0.25) is 0 Å². The van der Waals surface area contributed by atoms with Crippen LogP contribution in [0.3, 0.4) is 0 Å². The van der Waals surface area contributed by atoms with Crippen LogP contribution in [0.4, 0.5) is 0 Å². The minimum Gasteiger partial charge on any atom is -0.484 e. The number of nitrogens with two attached hydrogens (primary N) is 1. The zero-order valence-electron chi connectivity index (χ0n) is 17.2. The zero-order chi connectivity index (χ0) is 22.0. The van der Waals surface area contributed by atoms with E-state index in [4.69, 9.17) is 15.2 Å². The van der Waals surface area contributed by atoms with Crippen LogP contribution < -0.4 is 16.0 Å². The molecule has 8 nitrogen and oxygen atoms in total. The number of thiophene rings is 1. The minimum atomic E-state index is -0.570. The van der Waals surface area contributed by atoms with Gasteiger partial charge >= 0.3 is 5.97 Å². The van der Waals surface area contributed by atoms with Gasteiger partial charge in [0.2, 0.25) is 0 Å². The molecule has 2 N–H and O–H groups in total. The van der Waals surface area contributed by atoms with Crippen molar-refractivity contribution in [3.8, 4) is 5.75 Å². The summed E-state index contributed by atoms with van der Waals surface area (Å²) in [7, 11) is 0. The van der Waals surface area contributed by atoms with Gasteiger partial charge in [-0.05, 0) is 43.0 Å². The van der Waals surface area contributed by atoms with Crippen LogP contribution in [0.25, 0.3) is 10.2 Å². The fourth-order valence-corrected chi connectivity index (χ4v) is 4.78. The van der Waals surface area contributed by atoms with Crippen molar-refractivity contribution in [2.45, 2.75) is 45.8 Å². The second-order valence-corrected chi connectivity index (χ2v) is 8.51. The zero-order valence-corrected chi connectivity index (χ0v) is 18.0. The first-order chi connectivity index (χ1) is 14.9. The minimum absolute atomic E-state index is 0.0310. The number of aromatic nitrogens is 2. The predicted octanol–water partition coefficient (Wildman–Crippen LogP) is 2.71. The molecule has 4 rings (SSSR count). The molecule has 0 radical (unpaired) electrons. The topological polar surface area (TPSA) is 114 Å². The summed E-state index contributed by atoms with van der Waals surface area (Å²) in [4.78, 5) is 42.3. The summed E-state index contributed by atoms with van der Waals surface area (Å²) in [5.41, 5.74) is 6.33. The lowest BCUT2D eigenvalue weighted by molar-refractivity contribution is -0.119. The van der Waals surface area contributed by atoms with E-state index in [1.165, 1.54) is 11.3 Å². The van der Waals surface area contributed by atoms with E-state index < -0.39 is 11.9 Å². The number of hydrogen-bond acceptors (Lipinski definition) is 7. The molecule has 1 aliphatic heterocycles. The van der Waals surface area contributed by atoms with Crippen LogP contribution in [0.1, 0.15) is 45.9 Å². The maximum absolute atomic E-state index is 13.0. The van der Waals surface area contributed by atoms with Gasteiger partial charge in [0.15, 0.2) is 6.61 Å². The lowest BCUT2D eigenvalue weighted by Gasteiger charge is -2.08. The molecule has 0 spiro atoms. The van der Waals surface area contributed by atoms with Gasteiger partial charge in [0.05, 0.1) is 5.39 Å². The predicted molar refractivity (Wildman–Crippen MR) is 116 cm³/mol. The monoisotopic (exact) mass is 441 g/mol. The van der Waals surface area contributed by atoms with E-state index >= 15 is 0 Å². The number of ether oxygens (including phenoxy) is 2. The summed E-state index contributed by atoms with van der Waals surface area (Å²) in [6, 6.07) is 6.89. The van der Waals surface area contributed by atoms with Crippen LogP contribution in [-0.4, -0.2) is 28.0 Å². The van der Waals surface area contributed by atoms with E-state index in [9.17, 15) is 14.4 Å². The Kier molecular flexibility index (Phi) is 6.03. The standard InChI is InChI=1S/C22H23N3O5S/c1-13-18-20(24-17-8-3-2-4-9-25(17)21(18)27)31-19(13)22(28)30-11-14-6-5-7-15(10-14)29-12-16(23)26/h5-7,10H,2-4,8-9,11-12H2,1H3,(H2,23,26). The number of fused-ring (bicyclic) bond motifs is 2. The highest BCUT2D eigenvalue weighted by Gasteiger charge is 2.23. The van der Waals surface area contributed by atoms with E-state index in [2.05, 4.69) is 4.98 Å². The largest absolute Gasteiger partial charge is 0.484 e. The van der Waals surface area contributed by atoms with Crippen molar-refractivity contribution < 1.29 is 19.1 Å². The number of amides is 1. The lowest BCUT2D eigenvalue weighted by atomic mass is 10.2. The summed E-state index contributed by atoms with van der Waals surface area (Å²) in [5.74, 6) is 0.190. The molecule has 31 heavy (non-hydrogen) atoms. The molecule has 3 aromatic rings. The van der Waals surface area contributed by atoms with Gasteiger partial charge in [-0.2, -0.15) is 0 Å². The highest BCUT2D eigenvalue weighted by molar-refractivity contribution is 7.20. The normalized spacial score (nSPS) is 13.5. The third-order valence-electron chi connectivity index (χ3n) is 5.25. The first-order valence-electron chi connectivity index (χ1n) is 10.1. The second kappa shape index (κ2) is 8.89. The first kappa shape index (κ1) is 21.0. The summed E-state index contributed by atoms with van der Waals surface area (Å²) in [5, 5.41) is 0.504. The van der Waals surface area contributed by atoms with Crippen molar-refractivity contribution in [2.24, 2.45) is 5.73 Å². The molecular weight excluding hydrogens is 418 g/mol. The Hall–Kier alpha value is -3.20. The summed E-state index contributed by atoms with van der Waals surface area (Å²) in [6.07, 6.45) is 3.83. The first-order valence-corrected chi connectivity index (χ1v) is 11.0. The molecule has 1 amide bonds. The molecule has 2 aromatic heterocycles. The summed E-state index contributed by atoms with van der Waals surface area (Å²) < 4.78 is 12.5. The number of carbonyl (C=O) groups excluding carboxylic acids is 2. The Bertz CT molecular complexity index is 1210. The fourth-order valence-electron chi connectivity index (χ4n) is 3.70. The molecule has 0 fully saturated rings. The number of benzene rings is 1. The van der Waals surface area contributed by atoms with Crippen molar-refractivity contribution in [2.75, 3.05) is 6.61 Å². The van der Waals surface area contributed by atoms with Crippen LogP contribution in [0.5, 0.6) is 5.75 Å². The molecule has 0 bridgehead atoms. The van der Waals surface area contributed by atoms with Crippen LogP contribution in [-0.2, 0) is 29.1 Å². The molecule has 0 unspecified atom stereocenters. The van der Waals surface area contributed by atoms with Gasteiger partial charge in [0.25, 0.3) is 11.5 Å². The van der Waals surface area contributed by atoms with Crippen molar-refractivity contribution in [3.63, 3.8) is 0 Å². The van der Waals surface area contributed by atoms with Crippen molar-refractivity contribution in [3.05, 3.63) is 56.4 Å². The van der Waals surface area contributed by atoms with Crippen LogP contribution in [0, 0.1) is 6.92 Å². The maximum atomic E-state index is 13.0. The van der Waals surface area contributed by atoms with E-state index in [-0.39, 0.29) is 18.8 Å². The second-order valence-electron chi connectivity index (χ2n) is 7.51. The summed E-state index contributed by atoms with van der Waals surface area (Å²) >= 11 is 1.20. The molecule has 0 atom stereocenters. The Morgan fingerprint density at radius 3 is 2.90 bits per heavy atom. The third kappa shape index (κ3) is 4.46. The van der Waals surface area contributed by atoms with E-state index in [1.807, 2.05) is 0 Å². The Morgan fingerprint density at radius 1 is 1.26 bits per heavy atom. The number of rotatable bonds is 6. The van der Waals surface area contributed by atoms with E-state index in [0.29, 0.717) is 38.5 Å². The third-order valence-corrected chi connectivity index (χ3v) is 6.41. The van der Waals surface area contributed by atoms with Gasteiger partial charge in [-0.3, -0.25) is 14.2 Å². The number of aryl methyl sites for hydroxylation is 2. The van der Waals surface area contributed by atoms with Gasteiger partial charge < -0.3 is 15.2 Å². The Morgan fingerprint density at radius 2 is 2.10 bits per heavy atom. The van der Waals surface area contributed by atoms with Gasteiger partial charge in [-0.25, -0.2) is 9.78 Å². The number of nitrogens with zero attached hydrogens (tertiary/aromatic N) is 2. The molecule has 9 heteroatoms. The Labute approximate surface area is 182 Å². The van der Waals surface area contributed by atoms with Crippen molar-refractivity contribution >= 4 is 33.4 Å². The fraction of sp³-hybridized carbons (Fsp3) is 0.364. The number of primary amides is 1. The molecule has 0 saturated heterocycles. The van der Waals surface area contributed by atoms with Crippen LogP contribution in [0.15, 0.2) is 29.1 Å². The molecule has 0 aliphatic carbocycles. The van der Waals surface area contributed by atoms with Gasteiger partial charge in [0.1, 0.15) is 27.9 Å². The average Bonchev–Trinajstić information content (AvgIpc) is 2.92. The Balaban J connectivity index is 1.54. The highest BCUT2D eigenvalue weighted by Crippen LogP contribution is 2.29. The number of esters is 1. The van der Waals surface area contributed by atoms with Gasteiger partial charge in [0, 0.05) is 13.0 Å². The average molecular weight is 442 g/mol. The quantitative estimate of drug-likeness (QED) is 0.589. The molecule has 0 saturated carbocycles. The molecular formula is C22H23N3O5S. The van der Waals surface area contributed by atoms with Gasteiger partial charge in [-0.1, -0.05) is 18.6 Å². The molecule has 1 aliphatic rings. The number of carbonyl (C=O) groups is 2. The highest BCUT2D eigenvalue weighted by atomic mass is 32.1. The molecule has 1 aromatic carbocycles. The summed E-state index contributed by atoms with van der Waals surface area (Å²) in [6.45, 7) is 2.24. The van der Waals surface area contributed by atoms with Crippen molar-refractivity contribution in [1.29, 1.82) is 0 Å². The van der Waals surface area contributed by atoms with E-state index in [0.717, 1.165) is 31.5 Å². The lowest BCUT2D eigenvalue weighted by Crippen LogP contribution is -2.24. The van der Waals surface area contributed by atoms with E-state index in [1.54, 1.807) is 35.8 Å². The number of hydrogen-bond donors (Lipinski definition) is 1.